The number of amides is 1. The number of carbonyl (C=O) groups excluding carboxylic acids is 1. The van der Waals surface area contributed by atoms with Crippen LogP contribution >= 0.6 is 23.2 Å². The van der Waals surface area contributed by atoms with Gasteiger partial charge >= 0.3 is 6.18 Å². The van der Waals surface area contributed by atoms with Gasteiger partial charge in [0.15, 0.2) is 9.84 Å². The summed E-state index contributed by atoms with van der Waals surface area (Å²) in [5.41, 5.74) is -0.897. The molecule has 0 saturated heterocycles. The first kappa shape index (κ1) is 22.5. The molecule has 0 radical (unpaired) electrons. The molecule has 0 fully saturated rings. The van der Waals surface area contributed by atoms with Gasteiger partial charge in [0.25, 0.3) is 5.91 Å². The van der Waals surface area contributed by atoms with Gasteiger partial charge in [-0.05, 0) is 50.2 Å². The smallest absolute Gasteiger partial charge is 0.350 e. The van der Waals surface area contributed by atoms with Crippen LogP contribution in [-0.4, -0.2) is 25.6 Å². The minimum Gasteiger partial charge on any atom is -0.350 e. The molecule has 10 heteroatoms. The van der Waals surface area contributed by atoms with Gasteiger partial charge in [0.05, 0.1) is 25.3 Å². The largest absolute Gasteiger partial charge is 0.416 e. The highest BCUT2D eigenvalue weighted by Gasteiger charge is 2.38. The van der Waals surface area contributed by atoms with Gasteiger partial charge < -0.3 is 5.32 Å². The lowest BCUT2D eigenvalue weighted by Crippen LogP contribution is -2.44. The van der Waals surface area contributed by atoms with E-state index in [0.717, 1.165) is 18.2 Å². The first-order valence-corrected chi connectivity index (χ1v) is 10.1. The number of benzene rings is 2. The molecule has 2 rings (SSSR count). The van der Waals surface area contributed by atoms with Crippen LogP contribution in [0.1, 0.15) is 29.8 Å². The van der Waals surface area contributed by atoms with Crippen LogP contribution < -0.4 is 5.32 Å². The van der Waals surface area contributed by atoms with E-state index in [1.807, 2.05) is 0 Å². The highest BCUT2D eigenvalue weighted by molar-refractivity contribution is 7.92. The van der Waals surface area contributed by atoms with Gasteiger partial charge in [-0.3, -0.25) is 4.79 Å². The Morgan fingerprint density at radius 3 is 2.25 bits per heavy atom. The Hall–Kier alpha value is -1.77. The summed E-state index contributed by atoms with van der Waals surface area (Å²) in [6.07, 6.45) is -4.67. The molecule has 2 aromatic carbocycles. The van der Waals surface area contributed by atoms with E-state index in [9.17, 15) is 26.4 Å². The third-order valence-corrected chi connectivity index (χ3v) is 7.27. The molecule has 0 saturated carbocycles. The van der Waals surface area contributed by atoms with Crippen LogP contribution in [0.15, 0.2) is 47.4 Å². The topological polar surface area (TPSA) is 63.2 Å². The zero-order chi connectivity index (χ0) is 21.3. The fourth-order valence-corrected chi connectivity index (χ4v) is 4.02. The van der Waals surface area contributed by atoms with E-state index in [-0.39, 0.29) is 22.2 Å². The number of nitrogens with one attached hydrogen (secondary N) is 1. The molecule has 0 atom stereocenters. The van der Waals surface area contributed by atoms with Gasteiger partial charge in [-0.1, -0.05) is 29.3 Å². The molecule has 0 spiro atoms. The predicted octanol–water partition coefficient (Wildman–Crippen LogP) is 4.99. The van der Waals surface area contributed by atoms with E-state index in [1.165, 1.54) is 32.0 Å². The third-order valence-electron chi connectivity index (χ3n) is 4.06. The highest BCUT2D eigenvalue weighted by Crippen LogP contribution is 2.33. The van der Waals surface area contributed by atoms with Crippen LogP contribution in [-0.2, 0) is 16.0 Å². The minimum atomic E-state index is -4.67. The quantitative estimate of drug-likeness (QED) is 0.692. The number of hydrogen-bond donors (Lipinski definition) is 1. The number of sulfone groups is 1. The maximum absolute atomic E-state index is 12.9. The van der Waals surface area contributed by atoms with Crippen molar-refractivity contribution in [1.82, 2.24) is 5.32 Å². The van der Waals surface area contributed by atoms with Crippen molar-refractivity contribution in [1.29, 1.82) is 0 Å². The third kappa shape index (κ3) is 4.79. The normalized spacial score (nSPS) is 12.7. The van der Waals surface area contributed by atoms with Gasteiger partial charge in [0.2, 0.25) is 0 Å². The van der Waals surface area contributed by atoms with Crippen LogP contribution in [0.25, 0.3) is 0 Å². The number of carbonyl (C=O) groups is 1. The zero-order valence-corrected chi connectivity index (χ0v) is 17.1. The molecule has 1 amide bonds. The molecule has 0 aromatic heterocycles. The maximum Gasteiger partial charge on any atom is 0.416 e. The monoisotopic (exact) mass is 453 g/mol. The molecular weight excluding hydrogens is 438 g/mol. The van der Waals surface area contributed by atoms with Crippen molar-refractivity contribution >= 4 is 38.9 Å². The predicted molar refractivity (Wildman–Crippen MR) is 102 cm³/mol. The lowest BCUT2D eigenvalue weighted by atomic mass is 10.2. The molecule has 1 N–H and O–H groups in total. The van der Waals surface area contributed by atoms with Crippen molar-refractivity contribution in [2.45, 2.75) is 29.7 Å². The van der Waals surface area contributed by atoms with Gasteiger partial charge in [-0.2, -0.15) is 13.2 Å². The summed E-state index contributed by atoms with van der Waals surface area (Å²) in [5.74, 6) is -0.592. The second kappa shape index (κ2) is 7.93. The first-order valence-electron chi connectivity index (χ1n) is 7.91. The van der Waals surface area contributed by atoms with E-state index in [2.05, 4.69) is 5.32 Å². The van der Waals surface area contributed by atoms with Gasteiger partial charge in [0.1, 0.15) is 0 Å². The minimum absolute atomic E-state index is 0.158. The van der Waals surface area contributed by atoms with E-state index >= 15 is 0 Å². The lowest BCUT2D eigenvalue weighted by Gasteiger charge is -2.25. The van der Waals surface area contributed by atoms with Crippen molar-refractivity contribution in [3.05, 3.63) is 63.6 Å². The molecule has 152 valence electrons. The Morgan fingerprint density at radius 2 is 1.68 bits per heavy atom. The fraction of sp³-hybridized carbons (Fsp3) is 0.278. The fourth-order valence-electron chi connectivity index (χ4n) is 2.29. The second-order valence-electron chi connectivity index (χ2n) is 6.60. The summed E-state index contributed by atoms with van der Waals surface area (Å²) in [7, 11) is -4.18. The van der Waals surface area contributed by atoms with Crippen LogP contribution in [0.5, 0.6) is 0 Å². The average Bonchev–Trinajstić information content (AvgIpc) is 2.61. The summed E-state index contributed by atoms with van der Waals surface area (Å²) in [6.45, 7) is 2.31. The van der Waals surface area contributed by atoms with Crippen LogP contribution in [0, 0.1) is 0 Å². The molecule has 0 bridgehead atoms. The second-order valence-corrected chi connectivity index (χ2v) is 10.00. The van der Waals surface area contributed by atoms with Crippen LogP contribution in [0.4, 0.5) is 13.2 Å². The lowest BCUT2D eigenvalue weighted by molar-refractivity contribution is -0.137. The Bertz CT molecular complexity index is 1010. The van der Waals surface area contributed by atoms with E-state index in [0.29, 0.717) is 6.07 Å². The SMILES string of the molecule is CC(C)(CNC(=O)c1ccc(Cl)c(Cl)c1)S(=O)(=O)c1cccc(C(F)(F)F)c1. The molecule has 0 unspecified atom stereocenters. The molecular formula is C18H16Cl2F3NO3S. The van der Waals surface area contributed by atoms with Crippen molar-refractivity contribution in [3.8, 4) is 0 Å². The van der Waals surface area contributed by atoms with E-state index in [4.69, 9.17) is 23.2 Å². The molecule has 0 aliphatic rings. The van der Waals surface area contributed by atoms with Gasteiger partial charge in [-0.25, -0.2) is 8.42 Å². The molecule has 0 aliphatic heterocycles. The van der Waals surface area contributed by atoms with Crippen LogP contribution in [0.3, 0.4) is 0 Å². The standard InChI is InChI=1S/C18H16Cl2F3NO3S/c1-17(2,10-24-16(25)11-6-7-14(19)15(20)8-11)28(26,27)13-5-3-4-12(9-13)18(21,22)23/h3-9H,10H2,1-2H3,(H,24,25). The van der Waals surface area contributed by atoms with Gasteiger partial charge in [-0.15, -0.1) is 0 Å². The Kier molecular flexibility index (Phi) is 6.37. The van der Waals surface area contributed by atoms with Crippen molar-refractivity contribution < 1.29 is 26.4 Å². The first-order chi connectivity index (χ1) is 12.8. The average molecular weight is 454 g/mol. The summed E-state index contributed by atoms with van der Waals surface area (Å²) >= 11 is 11.6. The van der Waals surface area contributed by atoms with Gasteiger partial charge in [0, 0.05) is 12.1 Å². The number of alkyl halides is 3. The van der Waals surface area contributed by atoms with E-state index in [1.54, 1.807) is 0 Å². The van der Waals surface area contributed by atoms with Crippen molar-refractivity contribution in [2.24, 2.45) is 0 Å². The molecule has 28 heavy (non-hydrogen) atoms. The molecule has 2 aromatic rings. The Labute approximate surface area is 170 Å². The Balaban J connectivity index is 2.23. The summed E-state index contributed by atoms with van der Waals surface area (Å²) in [5, 5.41) is 2.88. The molecule has 0 aliphatic carbocycles. The zero-order valence-electron chi connectivity index (χ0n) is 14.8. The summed E-state index contributed by atoms with van der Waals surface area (Å²) in [4.78, 5) is 11.8. The number of hydrogen-bond acceptors (Lipinski definition) is 3. The number of halogens is 5. The summed E-state index contributed by atoms with van der Waals surface area (Å²) in [6, 6.07) is 7.65. The Morgan fingerprint density at radius 1 is 1.04 bits per heavy atom. The van der Waals surface area contributed by atoms with E-state index < -0.39 is 37.1 Å². The van der Waals surface area contributed by atoms with Crippen molar-refractivity contribution in [3.63, 3.8) is 0 Å². The highest BCUT2D eigenvalue weighted by atomic mass is 35.5. The van der Waals surface area contributed by atoms with Crippen LogP contribution in [0.2, 0.25) is 10.0 Å². The summed E-state index contributed by atoms with van der Waals surface area (Å²) < 4.78 is 62.7. The number of rotatable bonds is 5. The maximum atomic E-state index is 12.9. The molecule has 0 heterocycles. The van der Waals surface area contributed by atoms with Crippen molar-refractivity contribution in [2.75, 3.05) is 6.54 Å². The molecule has 4 nitrogen and oxygen atoms in total.